The molecule has 90 valence electrons. The van der Waals surface area contributed by atoms with Gasteiger partial charge in [-0.05, 0) is 18.6 Å². The highest BCUT2D eigenvalue weighted by molar-refractivity contribution is 6.29. The minimum atomic E-state index is -0.0648. The predicted octanol–water partition coefficient (Wildman–Crippen LogP) is 1.10. The van der Waals surface area contributed by atoms with Crippen LogP contribution < -0.4 is 10.7 Å². The van der Waals surface area contributed by atoms with Gasteiger partial charge >= 0.3 is 0 Å². The number of pyridine rings is 1. The van der Waals surface area contributed by atoms with Crippen LogP contribution in [0.15, 0.2) is 29.5 Å². The molecule has 1 aliphatic heterocycles. The predicted molar refractivity (Wildman–Crippen MR) is 68.2 cm³/mol. The molecule has 3 rings (SSSR count). The van der Waals surface area contributed by atoms with E-state index in [0.717, 1.165) is 23.7 Å². The molecule has 0 aromatic carbocycles. The Labute approximate surface area is 108 Å². The molecule has 0 amide bonds. The van der Waals surface area contributed by atoms with Crippen LogP contribution in [0.25, 0.3) is 6.08 Å². The van der Waals surface area contributed by atoms with Gasteiger partial charge in [0.05, 0.1) is 0 Å². The Morgan fingerprint density at radius 2 is 2.28 bits per heavy atom. The van der Waals surface area contributed by atoms with Crippen LogP contribution >= 0.6 is 11.6 Å². The third kappa shape index (κ3) is 1.84. The summed E-state index contributed by atoms with van der Waals surface area (Å²) in [7, 11) is 0. The van der Waals surface area contributed by atoms with E-state index in [1.165, 1.54) is 6.20 Å². The molecule has 0 saturated heterocycles. The molecular weight excluding hydrogens is 250 g/mol. The summed E-state index contributed by atoms with van der Waals surface area (Å²) in [5.41, 5.74) is 1.95. The number of H-pyrrole nitrogens is 1. The smallest absolute Gasteiger partial charge is 0.196 e. The Morgan fingerprint density at radius 3 is 3.06 bits per heavy atom. The van der Waals surface area contributed by atoms with Crippen molar-refractivity contribution in [3.05, 3.63) is 51.5 Å². The van der Waals surface area contributed by atoms with Gasteiger partial charge in [-0.15, -0.1) is 0 Å². The van der Waals surface area contributed by atoms with Gasteiger partial charge in [0.2, 0.25) is 0 Å². The lowest BCUT2D eigenvalue weighted by molar-refractivity contribution is 0.103. The van der Waals surface area contributed by atoms with Crippen molar-refractivity contribution in [2.24, 2.45) is 4.99 Å². The summed E-state index contributed by atoms with van der Waals surface area (Å²) in [6.07, 6.45) is 6.09. The van der Waals surface area contributed by atoms with E-state index in [2.05, 4.69) is 15.0 Å². The van der Waals surface area contributed by atoms with Crippen LogP contribution in [0.3, 0.4) is 0 Å². The van der Waals surface area contributed by atoms with E-state index in [1.54, 1.807) is 18.3 Å². The van der Waals surface area contributed by atoms with Crippen molar-refractivity contribution in [3.8, 4) is 0 Å². The first-order valence-corrected chi connectivity index (χ1v) is 6.02. The maximum atomic E-state index is 12.3. The highest BCUT2D eigenvalue weighted by atomic mass is 35.5. The molecule has 0 fully saturated rings. The van der Waals surface area contributed by atoms with Gasteiger partial charge in [0.15, 0.2) is 5.78 Å². The Kier molecular flexibility index (Phi) is 2.72. The molecule has 1 N–H and O–H groups in total. The van der Waals surface area contributed by atoms with Crippen LogP contribution in [-0.4, -0.2) is 22.3 Å². The number of rotatable bonds is 2. The molecule has 18 heavy (non-hydrogen) atoms. The van der Waals surface area contributed by atoms with E-state index in [1.807, 2.05) is 6.08 Å². The fourth-order valence-corrected chi connectivity index (χ4v) is 2.11. The standard InChI is InChI=1S/C13H10ClN3O/c14-11-4-3-8(6-16-11)12(18)10-7-17-13-9(10)2-1-5-15-13/h2-4,6-7H,1,5H2,(H,15,17). The van der Waals surface area contributed by atoms with E-state index >= 15 is 0 Å². The molecule has 0 spiro atoms. The number of nitrogens with one attached hydrogen (secondary N) is 1. The van der Waals surface area contributed by atoms with Crippen molar-refractivity contribution in [1.82, 2.24) is 9.97 Å². The molecule has 0 aliphatic carbocycles. The maximum Gasteiger partial charge on any atom is 0.196 e. The lowest BCUT2D eigenvalue weighted by Crippen LogP contribution is -2.30. The lowest BCUT2D eigenvalue weighted by atomic mass is 10.1. The fraction of sp³-hybridized carbons (Fsp3) is 0.154. The second-order valence-electron chi connectivity index (χ2n) is 4.04. The van der Waals surface area contributed by atoms with Crippen LogP contribution in [0.2, 0.25) is 5.15 Å². The summed E-state index contributed by atoms with van der Waals surface area (Å²) in [6.45, 7) is 0.768. The monoisotopic (exact) mass is 259 g/mol. The minimum Gasteiger partial charge on any atom is -0.346 e. The van der Waals surface area contributed by atoms with Crippen LogP contribution in [0.4, 0.5) is 0 Å². The molecule has 3 heterocycles. The number of hydrogen-bond donors (Lipinski definition) is 1. The molecule has 0 atom stereocenters. The average Bonchev–Trinajstić information content (AvgIpc) is 2.82. The van der Waals surface area contributed by atoms with Gasteiger partial charge in [0, 0.05) is 35.3 Å². The van der Waals surface area contributed by atoms with Crippen molar-refractivity contribution >= 4 is 23.5 Å². The number of ketones is 1. The highest BCUT2D eigenvalue weighted by Gasteiger charge is 2.14. The second-order valence-corrected chi connectivity index (χ2v) is 4.43. The average molecular weight is 260 g/mol. The Balaban J connectivity index is 2.09. The molecule has 0 saturated carbocycles. The van der Waals surface area contributed by atoms with E-state index in [0.29, 0.717) is 16.3 Å². The van der Waals surface area contributed by atoms with E-state index in [-0.39, 0.29) is 5.78 Å². The minimum absolute atomic E-state index is 0.0648. The van der Waals surface area contributed by atoms with E-state index in [9.17, 15) is 4.79 Å². The highest BCUT2D eigenvalue weighted by Crippen LogP contribution is 2.08. The number of nitrogens with zero attached hydrogens (tertiary/aromatic N) is 2. The van der Waals surface area contributed by atoms with Gasteiger partial charge in [-0.3, -0.25) is 9.79 Å². The number of carbonyl (C=O) groups excluding carboxylic acids is 1. The number of hydrogen-bond acceptors (Lipinski definition) is 3. The summed E-state index contributed by atoms with van der Waals surface area (Å²) >= 11 is 5.71. The van der Waals surface area contributed by atoms with Crippen molar-refractivity contribution in [3.63, 3.8) is 0 Å². The quantitative estimate of drug-likeness (QED) is 0.649. The molecule has 4 nitrogen and oxygen atoms in total. The zero-order valence-electron chi connectivity index (χ0n) is 9.48. The molecule has 0 radical (unpaired) electrons. The number of fused-ring (bicyclic) bond motifs is 1. The van der Waals surface area contributed by atoms with Gasteiger partial charge in [0.1, 0.15) is 10.6 Å². The number of carbonyl (C=O) groups is 1. The molecule has 5 heteroatoms. The van der Waals surface area contributed by atoms with Gasteiger partial charge in [-0.2, -0.15) is 0 Å². The Bertz CT molecular complexity index is 716. The number of aromatic amines is 1. The summed E-state index contributed by atoms with van der Waals surface area (Å²) in [4.78, 5) is 23.6. The zero-order valence-corrected chi connectivity index (χ0v) is 10.2. The van der Waals surface area contributed by atoms with Crippen LogP contribution in [-0.2, 0) is 0 Å². The topological polar surface area (TPSA) is 58.1 Å². The molecule has 2 aromatic heterocycles. The first-order chi connectivity index (χ1) is 8.75. The van der Waals surface area contributed by atoms with Gasteiger partial charge in [-0.1, -0.05) is 17.7 Å². The Morgan fingerprint density at radius 1 is 1.39 bits per heavy atom. The molecular formula is C13H10ClN3O. The van der Waals surface area contributed by atoms with Crippen molar-refractivity contribution in [1.29, 1.82) is 0 Å². The van der Waals surface area contributed by atoms with Gasteiger partial charge < -0.3 is 4.98 Å². The molecule has 2 aromatic rings. The van der Waals surface area contributed by atoms with Crippen LogP contribution in [0, 0.1) is 0 Å². The molecule has 0 bridgehead atoms. The molecule has 1 aliphatic rings. The summed E-state index contributed by atoms with van der Waals surface area (Å²) < 4.78 is 0. The zero-order chi connectivity index (χ0) is 12.5. The molecule has 0 unspecified atom stereocenters. The van der Waals surface area contributed by atoms with Crippen molar-refractivity contribution in [2.75, 3.05) is 6.54 Å². The lowest BCUT2D eigenvalue weighted by Gasteiger charge is -1.99. The summed E-state index contributed by atoms with van der Waals surface area (Å²) in [5.74, 6) is -0.0648. The normalized spacial score (nSPS) is 13.4. The van der Waals surface area contributed by atoms with Crippen molar-refractivity contribution in [2.45, 2.75) is 6.42 Å². The number of aromatic nitrogens is 2. The Hall–Kier alpha value is -1.94. The first kappa shape index (κ1) is 11.2. The largest absolute Gasteiger partial charge is 0.346 e. The summed E-state index contributed by atoms with van der Waals surface area (Å²) in [5, 5.41) is 1.27. The van der Waals surface area contributed by atoms with E-state index < -0.39 is 0 Å². The summed E-state index contributed by atoms with van der Waals surface area (Å²) in [6, 6.07) is 3.29. The number of halogens is 1. The third-order valence-electron chi connectivity index (χ3n) is 2.88. The van der Waals surface area contributed by atoms with Crippen LogP contribution in [0.1, 0.15) is 22.3 Å². The van der Waals surface area contributed by atoms with Gasteiger partial charge in [-0.25, -0.2) is 4.98 Å². The van der Waals surface area contributed by atoms with Gasteiger partial charge in [0.25, 0.3) is 0 Å². The fourth-order valence-electron chi connectivity index (χ4n) is 2.00. The van der Waals surface area contributed by atoms with E-state index in [4.69, 9.17) is 11.6 Å². The second kappa shape index (κ2) is 4.38. The third-order valence-corrected chi connectivity index (χ3v) is 3.10. The maximum absolute atomic E-state index is 12.3. The SMILES string of the molecule is O=C(c1ccc(Cl)nc1)c1c[nH]c2c1=CCCN=2. The van der Waals surface area contributed by atoms with Crippen molar-refractivity contribution < 1.29 is 4.79 Å². The first-order valence-electron chi connectivity index (χ1n) is 5.64. The van der Waals surface area contributed by atoms with Crippen LogP contribution in [0.5, 0.6) is 0 Å².